The maximum atomic E-state index is 3.16. The smallest absolute Gasteiger partial charge is 0.0533 e. The molecule has 2 heteroatoms. The molecule has 0 fully saturated rings. The standard InChI is InChI=1S/C9H14N2/c1-10-8-6-4-3-5-7-9(8)11-2/h3-6,10-11H,7H2,1-2H3. The van der Waals surface area contributed by atoms with E-state index in [1.807, 2.05) is 20.2 Å². The maximum absolute atomic E-state index is 3.16. The summed E-state index contributed by atoms with van der Waals surface area (Å²) < 4.78 is 0. The van der Waals surface area contributed by atoms with Gasteiger partial charge in [0.15, 0.2) is 0 Å². The van der Waals surface area contributed by atoms with Gasteiger partial charge in [0, 0.05) is 26.2 Å². The van der Waals surface area contributed by atoms with E-state index < -0.39 is 0 Å². The number of hydrogen-bond donors (Lipinski definition) is 2. The second-order valence-electron chi connectivity index (χ2n) is 2.38. The van der Waals surface area contributed by atoms with Gasteiger partial charge in [0.05, 0.1) is 5.70 Å². The van der Waals surface area contributed by atoms with Crippen LogP contribution in [0.15, 0.2) is 35.7 Å². The van der Waals surface area contributed by atoms with Crippen molar-refractivity contribution in [2.75, 3.05) is 14.1 Å². The van der Waals surface area contributed by atoms with Crippen LogP contribution in [0, 0.1) is 0 Å². The Kier molecular flexibility index (Phi) is 2.78. The third-order valence-electron chi connectivity index (χ3n) is 1.73. The van der Waals surface area contributed by atoms with E-state index in [0.717, 1.165) is 12.1 Å². The van der Waals surface area contributed by atoms with Gasteiger partial charge in [0.25, 0.3) is 0 Å². The lowest BCUT2D eigenvalue weighted by molar-refractivity contribution is 0.873. The van der Waals surface area contributed by atoms with Crippen LogP contribution in [0.5, 0.6) is 0 Å². The summed E-state index contributed by atoms with van der Waals surface area (Å²) in [6.45, 7) is 0. The summed E-state index contributed by atoms with van der Waals surface area (Å²) in [5.74, 6) is 0. The van der Waals surface area contributed by atoms with E-state index in [0.29, 0.717) is 0 Å². The van der Waals surface area contributed by atoms with Crippen molar-refractivity contribution in [2.45, 2.75) is 6.42 Å². The minimum Gasteiger partial charge on any atom is -0.390 e. The largest absolute Gasteiger partial charge is 0.390 e. The molecule has 60 valence electrons. The highest BCUT2D eigenvalue weighted by Gasteiger charge is 1.99. The van der Waals surface area contributed by atoms with Crippen LogP contribution in [-0.2, 0) is 0 Å². The SMILES string of the molecule is CNC1=C(NC)CC=CC=C1. The van der Waals surface area contributed by atoms with Crippen LogP contribution in [0.2, 0.25) is 0 Å². The van der Waals surface area contributed by atoms with E-state index in [-0.39, 0.29) is 0 Å². The van der Waals surface area contributed by atoms with Crippen LogP contribution in [0.4, 0.5) is 0 Å². The predicted molar refractivity (Wildman–Crippen MR) is 48.0 cm³/mol. The Hall–Kier alpha value is -1.18. The highest BCUT2D eigenvalue weighted by atomic mass is 14.9. The van der Waals surface area contributed by atoms with Gasteiger partial charge < -0.3 is 10.6 Å². The summed E-state index contributed by atoms with van der Waals surface area (Å²) in [5.41, 5.74) is 2.40. The zero-order valence-corrected chi connectivity index (χ0v) is 7.02. The molecular weight excluding hydrogens is 136 g/mol. The molecule has 1 aliphatic rings. The fourth-order valence-corrected chi connectivity index (χ4v) is 1.10. The molecule has 11 heavy (non-hydrogen) atoms. The van der Waals surface area contributed by atoms with Gasteiger partial charge in [-0.2, -0.15) is 0 Å². The summed E-state index contributed by atoms with van der Waals surface area (Å²) in [7, 11) is 3.88. The molecule has 1 aliphatic carbocycles. The molecule has 0 bridgehead atoms. The maximum Gasteiger partial charge on any atom is 0.0533 e. The van der Waals surface area contributed by atoms with Crippen molar-refractivity contribution in [1.29, 1.82) is 0 Å². The number of nitrogens with one attached hydrogen (secondary N) is 2. The summed E-state index contributed by atoms with van der Waals surface area (Å²) in [6.07, 6.45) is 9.26. The summed E-state index contributed by atoms with van der Waals surface area (Å²) in [4.78, 5) is 0. The highest BCUT2D eigenvalue weighted by molar-refractivity contribution is 5.30. The predicted octanol–water partition coefficient (Wildman–Crippen LogP) is 1.15. The molecule has 0 aromatic heterocycles. The van der Waals surface area contributed by atoms with E-state index in [4.69, 9.17) is 0 Å². The van der Waals surface area contributed by atoms with E-state index in [1.165, 1.54) is 5.70 Å². The molecule has 2 N–H and O–H groups in total. The Morgan fingerprint density at radius 1 is 1.18 bits per heavy atom. The highest BCUT2D eigenvalue weighted by Crippen LogP contribution is 2.08. The minimum atomic E-state index is 0.972. The molecule has 0 spiro atoms. The molecule has 0 unspecified atom stereocenters. The number of likely N-dealkylation sites (N-methyl/N-ethyl adjacent to an activating group) is 1. The Bertz CT molecular complexity index is 212. The van der Waals surface area contributed by atoms with E-state index in [9.17, 15) is 0 Å². The molecule has 0 amide bonds. The minimum absolute atomic E-state index is 0.972. The fraction of sp³-hybridized carbons (Fsp3) is 0.333. The van der Waals surface area contributed by atoms with Crippen LogP contribution in [0.3, 0.4) is 0 Å². The quantitative estimate of drug-likeness (QED) is 0.617. The molecule has 0 saturated carbocycles. The molecule has 0 aliphatic heterocycles. The molecule has 0 aromatic carbocycles. The first kappa shape index (κ1) is 7.92. The first-order chi connectivity index (χ1) is 5.38. The van der Waals surface area contributed by atoms with Crippen LogP contribution >= 0.6 is 0 Å². The summed E-state index contributed by atoms with van der Waals surface area (Å²) in [6, 6.07) is 0. The van der Waals surface area contributed by atoms with E-state index >= 15 is 0 Å². The Morgan fingerprint density at radius 2 is 2.00 bits per heavy atom. The zero-order valence-electron chi connectivity index (χ0n) is 7.02. The first-order valence-electron chi connectivity index (χ1n) is 3.80. The third kappa shape index (κ3) is 1.87. The molecule has 1 rings (SSSR count). The average Bonchev–Trinajstić information content (AvgIpc) is 2.27. The monoisotopic (exact) mass is 150 g/mol. The molecule has 0 aromatic rings. The number of hydrogen-bond acceptors (Lipinski definition) is 2. The molecule has 0 heterocycles. The number of allylic oxidation sites excluding steroid dienone is 4. The second-order valence-corrected chi connectivity index (χ2v) is 2.38. The van der Waals surface area contributed by atoms with Crippen LogP contribution in [0.25, 0.3) is 0 Å². The van der Waals surface area contributed by atoms with Gasteiger partial charge >= 0.3 is 0 Å². The molecule has 0 radical (unpaired) electrons. The van der Waals surface area contributed by atoms with Gasteiger partial charge in [-0.15, -0.1) is 0 Å². The summed E-state index contributed by atoms with van der Waals surface area (Å²) >= 11 is 0. The Labute approximate surface area is 67.7 Å². The Balaban J connectivity index is 2.85. The van der Waals surface area contributed by atoms with Crippen LogP contribution in [-0.4, -0.2) is 14.1 Å². The molecule has 2 nitrogen and oxygen atoms in total. The van der Waals surface area contributed by atoms with E-state index in [1.54, 1.807) is 0 Å². The fourth-order valence-electron chi connectivity index (χ4n) is 1.10. The van der Waals surface area contributed by atoms with Crippen molar-refractivity contribution in [3.63, 3.8) is 0 Å². The van der Waals surface area contributed by atoms with Gasteiger partial charge in [-0.3, -0.25) is 0 Å². The lowest BCUT2D eigenvalue weighted by Crippen LogP contribution is -2.15. The van der Waals surface area contributed by atoms with Gasteiger partial charge in [-0.1, -0.05) is 18.2 Å². The van der Waals surface area contributed by atoms with Crippen molar-refractivity contribution in [1.82, 2.24) is 10.6 Å². The zero-order chi connectivity index (χ0) is 8.10. The second kappa shape index (κ2) is 3.86. The third-order valence-corrected chi connectivity index (χ3v) is 1.73. The van der Waals surface area contributed by atoms with Crippen molar-refractivity contribution < 1.29 is 0 Å². The number of rotatable bonds is 2. The van der Waals surface area contributed by atoms with Gasteiger partial charge in [-0.25, -0.2) is 0 Å². The lowest BCUT2D eigenvalue weighted by atomic mass is 10.2. The van der Waals surface area contributed by atoms with Gasteiger partial charge in [0.2, 0.25) is 0 Å². The van der Waals surface area contributed by atoms with E-state index in [2.05, 4.69) is 28.9 Å². The average molecular weight is 150 g/mol. The summed E-state index contributed by atoms with van der Waals surface area (Å²) in [5, 5.41) is 6.29. The Morgan fingerprint density at radius 3 is 2.64 bits per heavy atom. The first-order valence-corrected chi connectivity index (χ1v) is 3.80. The molecular formula is C9H14N2. The normalized spacial score (nSPS) is 16.5. The lowest BCUT2D eigenvalue weighted by Gasteiger charge is -2.08. The van der Waals surface area contributed by atoms with Crippen LogP contribution in [0.1, 0.15) is 6.42 Å². The topological polar surface area (TPSA) is 24.1 Å². The van der Waals surface area contributed by atoms with Crippen molar-refractivity contribution >= 4 is 0 Å². The van der Waals surface area contributed by atoms with Crippen molar-refractivity contribution in [3.8, 4) is 0 Å². The molecule has 0 atom stereocenters. The van der Waals surface area contributed by atoms with Crippen LogP contribution < -0.4 is 10.6 Å². The van der Waals surface area contributed by atoms with Gasteiger partial charge in [0.1, 0.15) is 0 Å². The van der Waals surface area contributed by atoms with Crippen molar-refractivity contribution in [2.24, 2.45) is 0 Å². The van der Waals surface area contributed by atoms with Gasteiger partial charge in [-0.05, 0) is 6.08 Å². The molecule has 0 saturated heterocycles. The van der Waals surface area contributed by atoms with Crippen molar-refractivity contribution in [3.05, 3.63) is 35.7 Å².